The molecule has 0 radical (unpaired) electrons. The van der Waals surface area contributed by atoms with E-state index in [4.69, 9.17) is 4.74 Å². The normalized spacial score (nSPS) is 20.6. The maximum Gasteiger partial charge on any atom is 0.272 e. The summed E-state index contributed by atoms with van der Waals surface area (Å²) >= 11 is 1.45. The number of nitrogens with zero attached hydrogens (tertiary/aromatic N) is 6. The van der Waals surface area contributed by atoms with E-state index in [-0.39, 0.29) is 29.5 Å². The van der Waals surface area contributed by atoms with Gasteiger partial charge in [0, 0.05) is 74.5 Å². The summed E-state index contributed by atoms with van der Waals surface area (Å²) < 4.78 is 20.0. The molecule has 2 fully saturated rings. The topological polar surface area (TPSA) is 113 Å². The maximum atomic E-state index is 13.6. The Morgan fingerprint density at radius 2 is 1.91 bits per heavy atom. The Labute approximate surface area is 253 Å². The molecule has 3 aromatic heterocycles. The van der Waals surface area contributed by atoms with E-state index >= 15 is 0 Å². The molecule has 2 amide bonds. The number of aromatic nitrogens is 4. The van der Waals surface area contributed by atoms with Crippen molar-refractivity contribution < 1.29 is 18.7 Å². The number of halogens is 1. The average molecular weight is 604 g/mol. The number of nitrogens with one attached hydrogen (secondary N) is 1. The fraction of sp³-hybridized carbons (Fsp3) is 0.419. The molecule has 6 rings (SSSR count). The van der Waals surface area contributed by atoms with Gasteiger partial charge in [-0.05, 0) is 49.9 Å². The van der Waals surface area contributed by atoms with E-state index in [0.29, 0.717) is 49.8 Å². The summed E-state index contributed by atoms with van der Waals surface area (Å²) in [6.45, 7) is 7.04. The molecule has 1 aromatic carbocycles. The number of rotatable bonds is 9. The van der Waals surface area contributed by atoms with Crippen LogP contribution in [0.5, 0.6) is 0 Å². The third-order valence-electron chi connectivity index (χ3n) is 8.10. The first-order valence-electron chi connectivity index (χ1n) is 14.6. The first-order chi connectivity index (χ1) is 20.9. The minimum Gasteiger partial charge on any atom is -0.373 e. The average Bonchev–Trinajstić information content (AvgIpc) is 3.38. The molecule has 1 aliphatic carbocycles. The number of fused-ring (bicyclic) bond motifs is 1. The van der Waals surface area contributed by atoms with Crippen LogP contribution in [0.25, 0.3) is 21.3 Å². The van der Waals surface area contributed by atoms with Gasteiger partial charge in [0.15, 0.2) is 11.0 Å². The van der Waals surface area contributed by atoms with E-state index in [1.165, 1.54) is 29.7 Å². The number of hydrogen-bond acceptors (Lipinski definition) is 9. The molecule has 0 bridgehead atoms. The van der Waals surface area contributed by atoms with Gasteiger partial charge < -0.3 is 15.0 Å². The monoisotopic (exact) mass is 603 g/mol. The largest absolute Gasteiger partial charge is 0.373 e. The van der Waals surface area contributed by atoms with Crippen molar-refractivity contribution in [2.24, 2.45) is 5.92 Å². The van der Waals surface area contributed by atoms with Crippen molar-refractivity contribution in [3.8, 4) is 11.1 Å². The Morgan fingerprint density at radius 1 is 1.09 bits per heavy atom. The van der Waals surface area contributed by atoms with Crippen LogP contribution in [-0.4, -0.2) is 79.9 Å². The van der Waals surface area contributed by atoms with Gasteiger partial charge in [-0.15, -0.1) is 0 Å². The van der Waals surface area contributed by atoms with Crippen LogP contribution in [0, 0.1) is 11.7 Å². The minimum absolute atomic E-state index is 0.0107. The van der Waals surface area contributed by atoms with E-state index < -0.39 is 5.82 Å². The summed E-state index contributed by atoms with van der Waals surface area (Å²) in [4.78, 5) is 47.4. The zero-order valence-corrected chi connectivity index (χ0v) is 25.0. The Morgan fingerprint density at radius 3 is 2.65 bits per heavy atom. The lowest BCUT2D eigenvalue weighted by Crippen LogP contribution is -2.60. The number of pyridine rings is 1. The van der Waals surface area contributed by atoms with E-state index in [2.05, 4.69) is 44.0 Å². The highest BCUT2D eigenvalue weighted by Gasteiger charge is 2.41. The van der Waals surface area contributed by atoms with Gasteiger partial charge in [0.25, 0.3) is 5.91 Å². The van der Waals surface area contributed by atoms with E-state index in [9.17, 15) is 14.0 Å². The molecular weight excluding hydrogens is 569 g/mol. The van der Waals surface area contributed by atoms with Gasteiger partial charge in [-0.2, -0.15) is 0 Å². The second kappa shape index (κ2) is 12.8. The van der Waals surface area contributed by atoms with Crippen molar-refractivity contribution in [2.45, 2.75) is 51.8 Å². The number of thiazole rings is 1. The zero-order valence-electron chi connectivity index (χ0n) is 24.2. The number of benzene rings is 1. The Bertz CT molecular complexity index is 1610. The molecule has 1 saturated heterocycles. The summed E-state index contributed by atoms with van der Waals surface area (Å²) in [5.74, 6) is -0.149. The first-order valence-corrected chi connectivity index (χ1v) is 15.5. The van der Waals surface area contributed by atoms with Crippen LogP contribution in [0.1, 0.15) is 49.4 Å². The van der Waals surface area contributed by atoms with Crippen LogP contribution in [0.4, 0.5) is 9.52 Å². The SMILES string of the molecule is CCCOCc1ncc(-c2ccc3nc(NC(=O)C4CC(N5CCN(C(=O)c6cc(F)ccn6)C[C@@H]5C)C4)sc3c2)cn1. The van der Waals surface area contributed by atoms with Crippen LogP contribution in [0.15, 0.2) is 48.9 Å². The highest BCUT2D eigenvalue weighted by molar-refractivity contribution is 7.22. The van der Waals surface area contributed by atoms with Crippen molar-refractivity contribution in [2.75, 3.05) is 31.6 Å². The van der Waals surface area contributed by atoms with Crippen LogP contribution in [0.3, 0.4) is 0 Å². The smallest absolute Gasteiger partial charge is 0.272 e. The molecule has 1 aliphatic heterocycles. The number of ether oxygens (including phenoxy) is 1. The molecule has 1 N–H and O–H groups in total. The second-order valence-corrected chi connectivity index (χ2v) is 12.2. The summed E-state index contributed by atoms with van der Waals surface area (Å²) in [6, 6.07) is 8.82. The van der Waals surface area contributed by atoms with Gasteiger partial charge in [-0.25, -0.2) is 19.3 Å². The molecule has 0 spiro atoms. The van der Waals surface area contributed by atoms with E-state index in [1.807, 2.05) is 18.2 Å². The molecule has 2 aliphatic rings. The molecule has 1 saturated carbocycles. The van der Waals surface area contributed by atoms with Gasteiger partial charge in [0.2, 0.25) is 5.91 Å². The maximum absolute atomic E-state index is 13.6. The fourth-order valence-corrected chi connectivity index (χ4v) is 6.61. The van der Waals surface area contributed by atoms with Crippen molar-refractivity contribution in [3.63, 3.8) is 0 Å². The number of hydrogen-bond donors (Lipinski definition) is 1. The highest BCUT2D eigenvalue weighted by Crippen LogP contribution is 2.36. The van der Waals surface area contributed by atoms with Crippen molar-refractivity contribution in [1.82, 2.24) is 29.7 Å². The number of carbonyl (C=O) groups is 2. The highest BCUT2D eigenvalue weighted by atomic mass is 32.1. The molecule has 10 nitrogen and oxygen atoms in total. The van der Waals surface area contributed by atoms with Crippen LogP contribution in [0.2, 0.25) is 0 Å². The zero-order chi connectivity index (χ0) is 29.9. The standard InChI is InChI=1S/C31H34FN7O3S/c1-3-10-42-18-28-34-15-22(16-35-28)20-4-5-25-27(13-20)43-31(36-25)37-29(40)21-11-24(12-21)39-9-8-38(17-19(39)2)30(41)26-14-23(32)6-7-33-26/h4-7,13-16,19,21,24H,3,8-12,17-18H2,1-2H3,(H,36,37,40)/t19-,21?,24?/m0/s1. The van der Waals surface area contributed by atoms with Crippen molar-refractivity contribution in [3.05, 3.63) is 66.3 Å². The van der Waals surface area contributed by atoms with Gasteiger partial charge in [-0.1, -0.05) is 24.3 Å². The third-order valence-corrected chi connectivity index (χ3v) is 9.03. The van der Waals surface area contributed by atoms with E-state index in [0.717, 1.165) is 40.6 Å². The molecule has 4 heterocycles. The number of amides is 2. The number of anilines is 1. The Hall–Kier alpha value is -3.87. The predicted octanol–water partition coefficient (Wildman–Crippen LogP) is 4.78. The molecule has 4 aromatic rings. The van der Waals surface area contributed by atoms with Crippen molar-refractivity contribution in [1.29, 1.82) is 0 Å². The summed E-state index contributed by atoms with van der Waals surface area (Å²) in [7, 11) is 0. The summed E-state index contributed by atoms with van der Waals surface area (Å²) in [5, 5.41) is 3.61. The van der Waals surface area contributed by atoms with E-state index in [1.54, 1.807) is 17.3 Å². The predicted molar refractivity (Wildman–Crippen MR) is 162 cm³/mol. The van der Waals surface area contributed by atoms with Crippen LogP contribution < -0.4 is 5.32 Å². The summed E-state index contributed by atoms with van der Waals surface area (Å²) in [6.07, 6.45) is 7.41. The minimum atomic E-state index is -0.468. The third kappa shape index (κ3) is 6.56. The quantitative estimate of drug-likeness (QED) is 0.272. The number of carbonyl (C=O) groups excluding carboxylic acids is 2. The molecule has 1 atom stereocenters. The van der Waals surface area contributed by atoms with Crippen LogP contribution in [-0.2, 0) is 16.1 Å². The van der Waals surface area contributed by atoms with Gasteiger partial charge in [-0.3, -0.25) is 19.5 Å². The lowest BCUT2D eigenvalue weighted by Gasteiger charge is -2.49. The Balaban J connectivity index is 1.00. The Kier molecular flexibility index (Phi) is 8.68. The van der Waals surface area contributed by atoms with Crippen LogP contribution >= 0.6 is 11.3 Å². The first kappa shape index (κ1) is 29.2. The second-order valence-electron chi connectivity index (χ2n) is 11.2. The summed E-state index contributed by atoms with van der Waals surface area (Å²) in [5.41, 5.74) is 2.85. The van der Waals surface area contributed by atoms with Gasteiger partial charge in [0.1, 0.15) is 18.1 Å². The molecule has 43 heavy (non-hydrogen) atoms. The molecule has 0 unspecified atom stereocenters. The van der Waals surface area contributed by atoms with Crippen molar-refractivity contribution >= 4 is 38.5 Å². The lowest BCUT2D eigenvalue weighted by molar-refractivity contribution is -0.125. The van der Waals surface area contributed by atoms with Gasteiger partial charge >= 0.3 is 0 Å². The molecular formula is C31H34FN7O3S. The number of piperazine rings is 1. The molecule has 12 heteroatoms. The lowest BCUT2D eigenvalue weighted by atomic mass is 9.78. The molecule has 224 valence electrons. The fourth-order valence-electron chi connectivity index (χ4n) is 5.71. The van der Waals surface area contributed by atoms with Gasteiger partial charge in [0.05, 0.1) is 10.2 Å².